The third-order valence-corrected chi connectivity index (χ3v) is 5.11. The molecule has 0 aliphatic carbocycles. The average Bonchev–Trinajstić information content (AvgIpc) is 2.48. The van der Waals surface area contributed by atoms with Crippen LogP contribution in [-0.2, 0) is 0 Å². The van der Waals surface area contributed by atoms with Crippen molar-refractivity contribution >= 4 is 27.5 Å². The summed E-state index contributed by atoms with van der Waals surface area (Å²) in [6, 6.07) is 10.2. The Morgan fingerprint density at radius 3 is 2.33 bits per heavy atom. The predicted molar refractivity (Wildman–Crippen MR) is 89.1 cm³/mol. The molecule has 0 spiro atoms. The number of rotatable bonds is 2. The number of hydrogen-bond donors (Lipinski definition) is 0. The van der Waals surface area contributed by atoms with Crippen molar-refractivity contribution in [1.29, 1.82) is 0 Å². The average molecular weight is 368 g/mol. The molecule has 0 fully saturated rings. The van der Waals surface area contributed by atoms with Crippen molar-refractivity contribution in [3.05, 3.63) is 57.6 Å². The molecule has 2 aromatic rings. The first-order valence-electron chi connectivity index (χ1n) is 6.86. The van der Waals surface area contributed by atoms with Gasteiger partial charge in [0.05, 0.1) is 4.83 Å². The van der Waals surface area contributed by atoms with Crippen molar-refractivity contribution in [2.75, 3.05) is 13.2 Å². The molecule has 0 amide bonds. The highest BCUT2D eigenvalue weighted by molar-refractivity contribution is 9.09. The standard InChI is InChI=1S/C17H16BrClO2/c1-10-3-4-12(7-11(10)2)17(18)13-8-15-16(9-14(13)19)21-6-5-20-15/h3-4,7-9,17H,5-6H2,1-2H3. The van der Waals surface area contributed by atoms with Crippen molar-refractivity contribution in [2.45, 2.75) is 18.7 Å². The molecule has 3 rings (SSSR count). The Labute approximate surface area is 138 Å². The number of hydrogen-bond acceptors (Lipinski definition) is 2. The quantitative estimate of drug-likeness (QED) is 0.678. The molecular weight excluding hydrogens is 352 g/mol. The van der Waals surface area contributed by atoms with E-state index in [9.17, 15) is 0 Å². The summed E-state index contributed by atoms with van der Waals surface area (Å²) in [6.07, 6.45) is 0. The molecule has 1 heterocycles. The van der Waals surface area contributed by atoms with Gasteiger partial charge in [-0.15, -0.1) is 0 Å². The van der Waals surface area contributed by atoms with Gasteiger partial charge < -0.3 is 9.47 Å². The fraction of sp³-hybridized carbons (Fsp3) is 0.294. The second-order valence-electron chi connectivity index (χ2n) is 5.22. The first kappa shape index (κ1) is 14.7. The second-order valence-corrected chi connectivity index (χ2v) is 6.55. The van der Waals surface area contributed by atoms with E-state index in [0.717, 1.165) is 17.1 Å². The van der Waals surface area contributed by atoms with Gasteiger partial charge in [0.1, 0.15) is 13.2 Å². The number of fused-ring (bicyclic) bond motifs is 1. The van der Waals surface area contributed by atoms with Crippen molar-refractivity contribution < 1.29 is 9.47 Å². The lowest BCUT2D eigenvalue weighted by molar-refractivity contribution is 0.171. The van der Waals surface area contributed by atoms with Crippen molar-refractivity contribution in [3.8, 4) is 11.5 Å². The van der Waals surface area contributed by atoms with Crippen LogP contribution < -0.4 is 9.47 Å². The van der Waals surface area contributed by atoms with Gasteiger partial charge in [0.25, 0.3) is 0 Å². The zero-order chi connectivity index (χ0) is 15.0. The fourth-order valence-electron chi connectivity index (χ4n) is 2.38. The van der Waals surface area contributed by atoms with Gasteiger partial charge in [0, 0.05) is 11.1 Å². The summed E-state index contributed by atoms with van der Waals surface area (Å²) in [7, 11) is 0. The van der Waals surface area contributed by atoms with Crippen LogP contribution in [0.4, 0.5) is 0 Å². The van der Waals surface area contributed by atoms with Crippen LogP contribution >= 0.6 is 27.5 Å². The minimum Gasteiger partial charge on any atom is -0.486 e. The Bertz CT molecular complexity index is 685. The highest BCUT2D eigenvalue weighted by Crippen LogP contribution is 2.42. The number of ether oxygens (including phenoxy) is 2. The Morgan fingerprint density at radius 2 is 1.67 bits per heavy atom. The van der Waals surface area contributed by atoms with Crippen molar-refractivity contribution in [3.63, 3.8) is 0 Å². The van der Waals surface area contributed by atoms with Gasteiger partial charge in [-0.25, -0.2) is 0 Å². The summed E-state index contributed by atoms with van der Waals surface area (Å²) < 4.78 is 11.2. The van der Waals surface area contributed by atoms with E-state index in [0.29, 0.717) is 18.2 Å². The predicted octanol–water partition coefficient (Wildman–Crippen LogP) is 5.21. The molecule has 1 unspecified atom stereocenters. The Balaban J connectivity index is 2.00. The minimum absolute atomic E-state index is 0.0279. The van der Waals surface area contributed by atoms with Crippen LogP contribution in [0.2, 0.25) is 5.02 Å². The first-order valence-corrected chi connectivity index (χ1v) is 8.16. The van der Waals surface area contributed by atoms with E-state index in [1.807, 2.05) is 12.1 Å². The highest BCUT2D eigenvalue weighted by Gasteiger charge is 2.20. The fourth-order valence-corrected chi connectivity index (χ4v) is 3.43. The smallest absolute Gasteiger partial charge is 0.162 e. The lowest BCUT2D eigenvalue weighted by Gasteiger charge is -2.21. The lowest BCUT2D eigenvalue weighted by Crippen LogP contribution is -2.15. The Kier molecular flexibility index (Phi) is 4.14. The van der Waals surface area contributed by atoms with Gasteiger partial charge in [0.15, 0.2) is 11.5 Å². The molecule has 21 heavy (non-hydrogen) atoms. The van der Waals surface area contributed by atoms with E-state index >= 15 is 0 Å². The zero-order valence-corrected chi connectivity index (χ0v) is 14.3. The third-order valence-electron chi connectivity index (χ3n) is 3.76. The van der Waals surface area contributed by atoms with Crippen LogP contribution in [0, 0.1) is 13.8 Å². The van der Waals surface area contributed by atoms with E-state index in [2.05, 4.69) is 48.0 Å². The van der Waals surface area contributed by atoms with E-state index in [-0.39, 0.29) is 4.83 Å². The Morgan fingerprint density at radius 1 is 1.00 bits per heavy atom. The molecular formula is C17H16BrClO2. The third kappa shape index (κ3) is 2.90. The maximum Gasteiger partial charge on any atom is 0.162 e. The van der Waals surface area contributed by atoms with Crippen LogP contribution in [0.5, 0.6) is 11.5 Å². The molecule has 110 valence electrons. The second kappa shape index (κ2) is 5.90. The molecule has 2 aromatic carbocycles. The molecule has 1 aliphatic rings. The van der Waals surface area contributed by atoms with Gasteiger partial charge >= 0.3 is 0 Å². The van der Waals surface area contributed by atoms with Crippen molar-refractivity contribution in [1.82, 2.24) is 0 Å². The summed E-state index contributed by atoms with van der Waals surface area (Å²) in [5, 5.41) is 0.680. The van der Waals surface area contributed by atoms with Crippen LogP contribution in [0.25, 0.3) is 0 Å². The number of alkyl halides is 1. The van der Waals surface area contributed by atoms with Crippen LogP contribution in [0.1, 0.15) is 27.1 Å². The van der Waals surface area contributed by atoms with Gasteiger partial charge in [-0.2, -0.15) is 0 Å². The molecule has 2 nitrogen and oxygen atoms in total. The molecule has 0 saturated heterocycles. The largest absolute Gasteiger partial charge is 0.486 e. The number of halogens is 2. The molecule has 0 aromatic heterocycles. The minimum atomic E-state index is 0.0279. The number of benzene rings is 2. The molecule has 0 bridgehead atoms. The molecule has 1 atom stereocenters. The number of aryl methyl sites for hydroxylation is 2. The molecule has 1 aliphatic heterocycles. The van der Waals surface area contributed by atoms with E-state index < -0.39 is 0 Å². The maximum absolute atomic E-state index is 6.41. The summed E-state index contributed by atoms with van der Waals surface area (Å²) in [6.45, 7) is 5.37. The summed E-state index contributed by atoms with van der Waals surface area (Å²) in [4.78, 5) is 0.0279. The van der Waals surface area contributed by atoms with Crippen LogP contribution in [-0.4, -0.2) is 13.2 Å². The van der Waals surface area contributed by atoms with Gasteiger partial charge in [-0.1, -0.05) is 45.7 Å². The SMILES string of the molecule is Cc1ccc(C(Br)c2cc3c(cc2Cl)OCCO3)cc1C. The summed E-state index contributed by atoms with van der Waals surface area (Å²) in [5.74, 6) is 1.48. The molecule has 0 saturated carbocycles. The lowest BCUT2D eigenvalue weighted by atomic mass is 10.00. The van der Waals surface area contributed by atoms with E-state index in [1.165, 1.54) is 16.7 Å². The normalized spacial score (nSPS) is 14.9. The highest BCUT2D eigenvalue weighted by atomic mass is 79.9. The Hall–Kier alpha value is -1.19. The van der Waals surface area contributed by atoms with Crippen LogP contribution in [0.15, 0.2) is 30.3 Å². The van der Waals surface area contributed by atoms with Crippen LogP contribution in [0.3, 0.4) is 0 Å². The molecule has 0 radical (unpaired) electrons. The van der Waals surface area contributed by atoms with E-state index in [1.54, 1.807) is 0 Å². The monoisotopic (exact) mass is 366 g/mol. The summed E-state index contributed by atoms with van der Waals surface area (Å²) >= 11 is 10.2. The maximum atomic E-state index is 6.41. The van der Waals surface area contributed by atoms with Gasteiger partial charge in [-0.3, -0.25) is 0 Å². The van der Waals surface area contributed by atoms with Gasteiger partial charge in [-0.05, 0) is 42.2 Å². The van der Waals surface area contributed by atoms with Crippen molar-refractivity contribution in [2.24, 2.45) is 0 Å². The van der Waals surface area contributed by atoms with E-state index in [4.69, 9.17) is 21.1 Å². The first-order chi connectivity index (χ1) is 10.1. The van der Waals surface area contributed by atoms with Gasteiger partial charge in [0.2, 0.25) is 0 Å². The zero-order valence-electron chi connectivity index (χ0n) is 12.0. The molecule has 0 N–H and O–H groups in total. The topological polar surface area (TPSA) is 18.5 Å². The molecule has 4 heteroatoms. The summed E-state index contributed by atoms with van der Waals surface area (Å²) in [5.41, 5.74) is 4.72.